The average molecular weight is 1100 g/mol. The van der Waals surface area contributed by atoms with Crippen LogP contribution in [0.2, 0.25) is 0 Å². The molecular weight excluding hydrogens is 973 g/mol. The van der Waals surface area contributed by atoms with E-state index in [0.29, 0.717) is 19.3 Å². The molecule has 79 heavy (non-hydrogen) atoms. The van der Waals surface area contributed by atoms with Gasteiger partial charge in [-0.3, -0.25) is 14.4 Å². The van der Waals surface area contributed by atoms with E-state index >= 15 is 0 Å². The van der Waals surface area contributed by atoms with Crippen LogP contribution in [-0.2, 0) is 28.6 Å². The minimum atomic E-state index is -0.800. The Kier molecular flexibility index (Phi) is 62.8. The normalized spacial score (nSPS) is 12.9. The zero-order valence-electron chi connectivity index (χ0n) is 51.6. The molecule has 0 saturated carbocycles. The summed E-state index contributed by atoms with van der Waals surface area (Å²) < 4.78 is 16.9. The van der Waals surface area contributed by atoms with Crippen molar-refractivity contribution in [3.8, 4) is 0 Å². The summed E-state index contributed by atoms with van der Waals surface area (Å²) >= 11 is 0. The lowest BCUT2D eigenvalue weighted by Gasteiger charge is -2.18. The highest BCUT2D eigenvalue weighted by atomic mass is 16.6. The van der Waals surface area contributed by atoms with Gasteiger partial charge in [0, 0.05) is 19.3 Å². The van der Waals surface area contributed by atoms with Gasteiger partial charge < -0.3 is 14.2 Å². The number of ether oxygens (including phenoxy) is 3. The lowest BCUT2D eigenvalue weighted by atomic mass is 10.1. The van der Waals surface area contributed by atoms with Crippen LogP contribution in [0.5, 0.6) is 0 Å². The third kappa shape index (κ3) is 64.5. The highest BCUT2D eigenvalue weighted by molar-refractivity contribution is 5.71. The monoisotopic (exact) mass is 1090 g/mol. The molecule has 0 aromatic carbocycles. The summed E-state index contributed by atoms with van der Waals surface area (Å²) in [4.78, 5) is 38.4. The molecule has 0 aromatic rings. The first-order valence-electron chi connectivity index (χ1n) is 33.0. The lowest BCUT2D eigenvalue weighted by Crippen LogP contribution is -2.30. The molecule has 450 valence electrons. The maximum atomic E-state index is 12.9. The predicted molar refractivity (Wildman–Crippen MR) is 343 cm³/mol. The van der Waals surface area contributed by atoms with Gasteiger partial charge in [-0.25, -0.2) is 0 Å². The van der Waals surface area contributed by atoms with Gasteiger partial charge in [0.25, 0.3) is 0 Å². The molecule has 1 unspecified atom stereocenters. The summed E-state index contributed by atoms with van der Waals surface area (Å²) in [7, 11) is 0. The van der Waals surface area contributed by atoms with Crippen molar-refractivity contribution >= 4 is 17.9 Å². The molecule has 1 atom stereocenters. The van der Waals surface area contributed by atoms with E-state index in [0.717, 1.165) is 141 Å². The Morgan fingerprint density at radius 3 is 0.785 bits per heavy atom. The van der Waals surface area contributed by atoms with Crippen LogP contribution < -0.4 is 0 Å². The standard InChI is InChI=1S/C73H122O6/c1-4-7-10-13-16-19-22-25-28-30-32-34-35-36-37-39-40-42-45-48-51-54-57-60-63-66-72(75)78-69-70(68-77-71(74)65-62-59-56-53-50-47-44-27-24-21-18-15-12-9-6-3)79-73(76)67-64-61-58-55-52-49-46-43-41-38-33-31-29-26-23-20-17-14-11-8-5-2/h7,10,16,19,23,25-28,31-34,36-37,40-44,70H,4-6,8-9,11-15,17-18,20-22,24,29-30,35,38-39,45-69H2,1-3H3/b10-7-,19-16-,26-23-,28-25-,33-31-,34-32-,37-36-,42-40-,43-41-,44-27-. The summed E-state index contributed by atoms with van der Waals surface area (Å²) in [6, 6.07) is 0. The van der Waals surface area contributed by atoms with Gasteiger partial charge in [-0.15, -0.1) is 0 Å². The molecule has 6 nitrogen and oxygen atoms in total. The molecule has 0 amide bonds. The fraction of sp³-hybridized carbons (Fsp3) is 0.685. The van der Waals surface area contributed by atoms with Gasteiger partial charge in [0.15, 0.2) is 6.10 Å². The topological polar surface area (TPSA) is 78.9 Å². The van der Waals surface area contributed by atoms with Gasteiger partial charge in [0.1, 0.15) is 13.2 Å². The first-order chi connectivity index (χ1) is 39.0. The van der Waals surface area contributed by atoms with E-state index in [9.17, 15) is 14.4 Å². The quantitative estimate of drug-likeness (QED) is 0.0261. The molecule has 0 saturated heterocycles. The van der Waals surface area contributed by atoms with Crippen molar-refractivity contribution in [2.45, 2.75) is 309 Å². The van der Waals surface area contributed by atoms with Crippen molar-refractivity contribution in [1.82, 2.24) is 0 Å². The third-order valence-electron chi connectivity index (χ3n) is 13.9. The number of allylic oxidation sites excluding steroid dienone is 20. The molecule has 0 N–H and O–H groups in total. The van der Waals surface area contributed by atoms with Crippen molar-refractivity contribution in [1.29, 1.82) is 0 Å². The fourth-order valence-corrected chi connectivity index (χ4v) is 8.98. The molecule has 0 heterocycles. The SMILES string of the molecule is CC/C=C\C/C=C\C/C=C\C/C=C\C/C=C\C/C=C\CCCCCCCCC(=O)OCC(COC(=O)CCCCCCC/C=C\CCCCCCCC)OC(=O)CCCCCCCC/C=C\C/C=C\C/C=C\CCCCCCC. The fourth-order valence-electron chi connectivity index (χ4n) is 8.98. The van der Waals surface area contributed by atoms with E-state index in [1.54, 1.807) is 0 Å². The number of rotatable bonds is 59. The Bertz CT molecular complexity index is 1640. The Hall–Kier alpha value is -4.19. The summed E-state index contributed by atoms with van der Waals surface area (Å²) in [6.07, 6.45) is 92.0. The van der Waals surface area contributed by atoms with E-state index in [1.165, 1.54) is 122 Å². The van der Waals surface area contributed by atoms with Crippen molar-refractivity contribution in [3.63, 3.8) is 0 Å². The van der Waals surface area contributed by atoms with E-state index < -0.39 is 6.10 Å². The van der Waals surface area contributed by atoms with Gasteiger partial charge >= 0.3 is 17.9 Å². The first-order valence-corrected chi connectivity index (χ1v) is 33.0. The number of carbonyl (C=O) groups is 3. The Morgan fingerprint density at radius 1 is 0.266 bits per heavy atom. The van der Waals surface area contributed by atoms with Crippen LogP contribution in [0, 0.1) is 0 Å². The van der Waals surface area contributed by atoms with Gasteiger partial charge in [-0.2, -0.15) is 0 Å². The molecule has 0 aliphatic carbocycles. The van der Waals surface area contributed by atoms with Crippen LogP contribution in [0.25, 0.3) is 0 Å². The molecule has 0 aliphatic heterocycles. The number of carbonyl (C=O) groups excluding carboxylic acids is 3. The summed E-state index contributed by atoms with van der Waals surface area (Å²) in [5, 5.41) is 0. The van der Waals surface area contributed by atoms with Crippen LogP contribution >= 0.6 is 0 Å². The number of unbranched alkanes of at least 4 members (excludes halogenated alkanes) is 28. The summed E-state index contributed by atoms with van der Waals surface area (Å²) in [6.45, 7) is 6.50. The Morgan fingerprint density at radius 2 is 0.494 bits per heavy atom. The molecule has 6 heteroatoms. The van der Waals surface area contributed by atoms with Crippen molar-refractivity contribution in [2.75, 3.05) is 13.2 Å². The van der Waals surface area contributed by atoms with Gasteiger partial charge in [-0.05, 0) is 135 Å². The molecule has 0 bridgehead atoms. The third-order valence-corrected chi connectivity index (χ3v) is 13.9. The second-order valence-corrected chi connectivity index (χ2v) is 21.6. The van der Waals surface area contributed by atoms with E-state index in [2.05, 4.69) is 142 Å². The van der Waals surface area contributed by atoms with E-state index in [1.807, 2.05) is 0 Å². The van der Waals surface area contributed by atoms with Crippen LogP contribution in [-0.4, -0.2) is 37.2 Å². The van der Waals surface area contributed by atoms with Crippen LogP contribution in [0.15, 0.2) is 122 Å². The number of hydrogen-bond acceptors (Lipinski definition) is 6. The smallest absolute Gasteiger partial charge is 0.306 e. The molecule has 0 fully saturated rings. The molecule has 0 aromatic heterocycles. The molecule has 0 radical (unpaired) electrons. The van der Waals surface area contributed by atoms with Crippen LogP contribution in [0.3, 0.4) is 0 Å². The van der Waals surface area contributed by atoms with Gasteiger partial charge in [0.2, 0.25) is 0 Å². The van der Waals surface area contributed by atoms with E-state index in [4.69, 9.17) is 14.2 Å². The molecule has 0 aliphatic rings. The minimum absolute atomic E-state index is 0.0944. The highest BCUT2D eigenvalue weighted by Crippen LogP contribution is 2.15. The summed E-state index contributed by atoms with van der Waals surface area (Å²) in [5.74, 6) is -0.924. The Balaban J connectivity index is 4.44. The number of hydrogen-bond donors (Lipinski definition) is 0. The largest absolute Gasteiger partial charge is 0.462 e. The highest BCUT2D eigenvalue weighted by Gasteiger charge is 2.19. The van der Waals surface area contributed by atoms with E-state index in [-0.39, 0.29) is 31.1 Å². The Labute approximate surface area is 488 Å². The predicted octanol–water partition coefficient (Wildman–Crippen LogP) is 22.8. The zero-order chi connectivity index (χ0) is 57.1. The molecule has 0 rings (SSSR count). The minimum Gasteiger partial charge on any atom is -0.462 e. The molecule has 0 spiro atoms. The lowest BCUT2D eigenvalue weighted by molar-refractivity contribution is -0.167. The van der Waals surface area contributed by atoms with Crippen LogP contribution in [0.4, 0.5) is 0 Å². The second kappa shape index (κ2) is 66.3. The second-order valence-electron chi connectivity index (χ2n) is 21.6. The summed E-state index contributed by atoms with van der Waals surface area (Å²) in [5.41, 5.74) is 0. The maximum Gasteiger partial charge on any atom is 0.306 e. The molecular formula is C73H122O6. The van der Waals surface area contributed by atoms with Gasteiger partial charge in [0.05, 0.1) is 0 Å². The zero-order valence-corrected chi connectivity index (χ0v) is 51.6. The van der Waals surface area contributed by atoms with Crippen LogP contribution in [0.1, 0.15) is 303 Å². The maximum absolute atomic E-state index is 12.9. The van der Waals surface area contributed by atoms with Gasteiger partial charge in [-0.1, -0.05) is 271 Å². The first kappa shape index (κ1) is 74.8. The van der Waals surface area contributed by atoms with Crippen molar-refractivity contribution < 1.29 is 28.6 Å². The average Bonchev–Trinajstić information content (AvgIpc) is 3.45. The van der Waals surface area contributed by atoms with Crippen molar-refractivity contribution in [2.24, 2.45) is 0 Å². The van der Waals surface area contributed by atoms with Crippen molar-refractivity contribution in [3.05, 3.63) is 122 Å². The number of esters is 3.